The fourth-order valence-electron chi connectivity index (χ4n) is 8.37. The van der Waals surface area contributed by atoms with Gasteiger partial charge in [0.05, 0.1) is 0 Å². The lowest BCUT2D eigenvalue weighted by Gasteiger charge is -2.12. The summed E-state index contributed by atoms with van der Waals surface area (Å²) in [5.74, 6) is 1.96. The van der Waals surface area contributed by atoms with Gasteiger partial charge >= 0.3 is 0 Å². The second-order valence-corrected chi connectivity index (χ2v) is 17.5. The SMILES string of the molecule is c1cc(-c2nc(-c3ccc(-c4cccc5sc6ccccc6c45)cc3)nc(-c3cccc4sc5ccccc5c34)n2)cc(-c2cccc3sc4ccccc4c23)c1. The topological polar surface area (TPSA) is 38.7 Å². The molecule has 0 fully saturated rings. The van der Waals surface area contributed by atoms with Gasteiger partial charge in [0.15, 0.2) is 17.5 Å². The Labute approximate surface area is 339 Å². The summed E-state index contributed by atoms with van der Waals surface area (Å²) >= 11 is 5.49. The molecule has 0 atom stereocenters. The van der Waals surface area contributed by atoms with E-state index in [0.29, 0.717) is 17.5 Å². The average Bonchev–Trinajstić information content (AvgIpc) is 3.98. The van der Waals surface area contributed by atoms with E-state index in [9.17, 15) is 0 Å². The Hall–Kier alpha value is -6.57. The van der Waals surface area contributed by atoms with E-state index in [1.165, 1.54) is 77.2 Å². The Morgan fingerprint density at radius 1 is 0.263 bits per heavy atom. The quantitative estimate of drug-likeness (QED) is 0.175. The monoisotopic (exact) mass is 779 g/mol. The van der Waals surface area contributed by atoms with Crippen molar-refractivity contribution in [2.75, 3.05) is 0 Å². The molecule has 0 radical (unpaired) electrons. The van der Waals surface area contributed by atoms with Crippen molar-refractivity contribution >= 4 is 94.5 Å². The van der Waals surface area contributed by atoms with Crippen LogP contribution in [0.1, 0.15) is 0 Å². The van der Waals surface area contributed by atoms with Gasteiger partial charge in [0.1, 0.15) is 0 Å². The van der Waals surface area contributed by atoms with Crippen LogP contribution in [-0.2, 0) is 0 Å². The molecule has 0 spiro atoms. The predicted molar refractivity (Wildman–Crippen MR) is 246 cm³/mol. The first-order chi connectivity index (χ1) is 28.2. The molecule has 8 aromatic carbocycles. The molecular formula is C51H29N3S3. The van der Waals surface area contributed by atoms with Crippen LogP contribution in [-0.4, -0.2) is 15.0 Å². The van der Waals surface area contributed by atoms with Crippen LogP contribution in [0.25, 0.3) is 117 Å². The summed E-state index contributed by atoms with van der Waals surface area (Å²) in [6, 6.07) is 63.1. The summed E-state index contributed by atoms with van der Waals surface area (Å²) in [7, 11) is 0. The van der Waals surface area contributed by atoms with Gasteiger partial charge in [-0.25, -0.2) is 15.0 Å². The summed E-state index contributed by atoms with van der Waals surface area (Å²) in [5, 5.41) is 7.56. The number of hydrogen-bond acceptors (Lipinski definition) is 6. The Morgan fingerprint density at radius 2 is 0.649 bits per heavy atom. The Morgan fingerprint density at radius 3 is 1.21 bits per heavy atom. The molecule has 0 N–H and O–H groups in total. The minimum atomic E-state index is 0.647. The van der Waals surface area contributed by atoms with Gasteiger partial charge in [-0.1, -0.05) is 133 Å². The molecule has 0 saturated carbocycles. The summed E-state index contributed by atoms with van der Waals surface area (Å²) in [6.45, 7) is 0. The van der Waals surface area contributed by atoms with E-state index in [2.05, 4.69) is 176 Å². The van der Waals surface area contributed by atoms with E-state index in [4.69, 9.17) is 15.0 Å². The maximum Gasteiger partial charge on any atom is 0.164 e. The van der Waals surface area contributed by atoms with Crippen molar-refractivity contribution in [1.29, 1.82) is 0 Å². The first-order valence-corrected chi connectivity index (χ1v) is 21.4. The van der Waals surface area contributed by atoms with Crippen LogP contribution in [0, 0.1) is 0 Å². The smallest absolute Gasteiger partial charge is 0.164 e. The summed E-state index contributed by atoms with van der Waals surface area (Å²) in [6.07, 6.45) is 0. The molecule has 0 aliphatic rings. The molecule has 4 heterocycles. The molecule has 6 heteroatoms. The van der Waals surface area contributed by atoms with Crippen LogP contribution < -0.4 is 0 Å². The highest BCUT2D eigenvalue weighted by Crippen LogP contribution is 2.43. The van der Waals surface area contributed by atoms with Crippen LogP contribution in [0.15, 0.2) is 176 Å². The average molecular weight is 780 g/mol. The number of nitrogens with zero attached hydrogens (tertiary/aromatic N) is 3. The number of rotatable bonds is 5. The third-order valence-corrected chi connectivity index (χ3v) is 14.4. The zero-order valence-electron chi connectivity index (χ0n) is 30.3. The number of fused-ring (bicyclic) bond motifs is 9. The molecule has 0 unspecified atom stereocenters. The molecule has 0 bridgehead atoms. The molecule has 12 aromatic rings. The van der Waals surface area contributed by atoms with Crippen molar-refractivity contribution in [2.45, 2.75) is 0 Å². The molecule has 0 aliphatic carbocycles. The van der Waals surface area contributed by atoms with Crippen LogP contribution >= 0.6 is 34.0 Å². The largest absolute Gasteiger partial charge is 0.208 e. The third kappa shape index (κ3) is 5.33. The predicted octanol–water partition coefficient (Wildman–Crippen LogP) is 15.3. The molecule has 0 aliphatic heterocycles. The zero-order chi connectivity index (χ0) is 37.5. The van der Waals surface area contributed by atoms with Gasteiger partial charge in [-0.2, -0.15) is 0 Å². The first kappa shape index (κ1) is 32.7. The molecule has 4 aromatic heterocycles. The fourth-order valence-corrected chi connectivity index (χ4v) is 11.8. The van der Waals surface area contributed by atoms with E-state index in [-0.39, 0.29) is 0 Å². The van der Waals surface area contributed by atoms with Crippen molar-refractivity contribution in [2.24, 2.45) is 0 Å². The lowest BCUT2D eigenvalue weighted by molar-refractivity contribution is 1.08. The van der Waals surface area contributed by atoms with E-state index >= 15 is 0 Å². The van der Waals surface area contributed by atoms with Gasteiger partial charge in [-0.05, 0) is 64.7 Å². The number of benzene rings is 8. The van der Waals surface area contributed by atoms with Gasteiger partial charge in [-0.3, -0.25) is 0 Å². The molecule has 0 amide bonds. The third-order valence-electron chi connectivity index (χ3n) is 11.0. The highest BCUT2D eigenvalue weighted by Gasteiger charge is 2.19. The van der Waals surface area contributed by atoms with Crippen molar-refractivity contribution in [3.63, 3.8) is 0 Å². The summed E-state index contributed by atoms with van der Waals surface area (Å²) < 4.78 is 7.65. The minimum Gasteiger partial charge on any atom is -0.208 e. The lowest BCUT2D eigenvalue weighted by Crippen LogP contribution is -2.00. The molecule has 0 saturated heterocycles. The molecule has 3 nitrogen and oxygen atoms in total. The molecule has 12 rings (SSSR count). The maximum absolute atomic E-state index is 5.28. The maximum atomic E-state index is 5.28. The number of thiophene rings is 3. The first-order valence-electron chi connectivity index (χ1n) is 18.9. The second kappa shape index (κ2) is 13.0. The minimum absolute atomic E-state index is 0.647. The standard InChI is InChI=1S/C51H29N3S3/c1-4-19-40-36(13-1)46-34(16-8-22-43(46)55-40)30-25-27-31(28-26-30)49-52-50(54-51(53-49)39-18-10-24-45-48(39)38-15-3-6-21-42(38)57-45)33-12-7-11-32(29-33)35-17-9-23-44-47(35)37-14-2-5-20-41(37)56-44/h1-29H. The van der Waals surface area contributed by atoms with Gasteiger partial charge in [0.2, 0.25) is 0 Å². The van der Waals surface area contributed by atoms with Crippen molar-refractivity contribution in [3.8, 4) is 56.4 Å². The zero-order valence-corrected chi connectivity index (χ0v) is 32.8. The Bertz CT molecular complexity index is 3540. The number of hydrogen-bond donors (Lipinski definition) is 0. The molecular weight excluding hydrogens is 751 g/mol. The van der Waals surface area contributed by atoms with Crippen LogP contribution in [0.2, 0.25) is 0 Å². The van der Waals surface area contributed by atoms with Gasteiger partial charge in [-0.15, -0.1) is 34.0 Å². The van der Waals surface area contributed by atoms with Crippen molar-refractivity contribution in [1.82, 2.24) is 15.0 Å². The van der Waals surface area contributed by atoms with Crippen LogP contribution in [0.5, 0.6) is 0 Å². The number of aromatic nitrogens is 3. The van der Waals surface area contributed by atoms with Gasteiger partial charge < -0.3 is 0 Å². The summed E-state index contributed by atoms with van der Waals surface area (Å²) in [4.78, 5) is 15.8. The summed E-state index contributed by atoms with van der Waals surface area (Å²) in [5.41, 5.74) is 7.64. The normalized spacial score (nSPS) is 11.9. The fraction of sp³-hybridized carbons (Fsp3) is 0. The Balaban J connectivity index is 1.04. The van der Waals surface area contributed by atoms with Crippen LogP contribution in [0.3, 0.4) is 0 Å². The van der Waals surface area contributed by atoms with E-state index in [0.717, 1.165) is 22.3 Å². The molecule has 266 valence electrons. The van der Waals surface area contributed by atoms with Gasteiger partial charge in [0.25, 0.3) is 0 Å². The van der Waals surface area contributed by atoms with E-state index in [1.54, 1.807) is 11.3 Å². The Kier molecular flexibility index (Phi) is 7.45. The lowest BCUT2D eigenvalue weighted by atomic mass is 9.97. The van der Waals surface area contributed by atoms with Gasteiger partial charge in [0, 0.05) is 77.2 Å². The highest BCUT2D eigenvalue weighted by molar-refractivity contribution is 7.26. The van der Waals surface area contributed by atoms with E-state index in [1.807, 2.05) is 22.7 Å². The molecule has 57 heavy (non-hydrogen) atoms. The van der Waals surface area contributed by atoms with Crippen molar-refractivity contribution in [3.05, 3.63) is 176 Å². The van der Waals surface area contributed by atoms with E-state index < -0.39 is 0 Å². The second-order valence-electron chi connectivity index (χ2n) is 14.3. The van der Waals surface area contributed by atoms with Crippen LogP contribution in [0.4, 0.5) is 0 Å². The highest BCUT2D eigenvalue weighted by atomic mass is 32.1. The van der Waals surface area contributed by atoms with Crippen molar-refractivity contribution < 1.29 is 0 Å².